The molecule has 6 heteroatoms. The molecular formula is C19H21N3OS2. The molecule has 2 heterocycles. The van der Waals surface area contributed by atoms with Crippen LogP contribution >= 0.6 is 23.1 Å². The van der Waals surface area contributed by atoms with Crippen molar-refractivity contribution in [2.45, 2.75) is 37.7 Å². The zero-order valence-electron chi connectivity index (χ0n) is 14.5. The van der Waals surface area contributed by atoms with E-state index in [4.69, 9.17) is 0 Å². The third-order valence-corrected chi connectivity index (χ3v) is 5.72. The first-order valence-electron chi connectivity index (χ1n) is 8.11. The fourth-order valence-electron chi connectivity index (χ4n) is 2.61. The molecule has 0 aliphatic rings. The van der Waals surface area contributed by atoms with E-state index in [1.54, 1.807) is 17.5 Å². The number of carbonyl (C=O) groups is 1. The highest BCUT2D eigenvalue weighted by molar-refractivity contribution is 8.00. The third-order valence-electron chi connectivity index (χ3n) is 3.76. The van der Waals surface area contributed by atoms with E-state index in [1.165, 1.54) is 22.9 Å². The topological polar surface area (TPSA) is 46.9 Å². The highest BCUT2D eigenvalue weighted by Crippen LogP contribution is 2.25. The molecule has 0 saturated heterocycles. The lowest BCUT2D eigenvalue weighted by molar-refractivity contribution is -0.120. The van der Waals surface area contributed by atoms with E-state index in [0.29, 0.717) is 6.54 Å². The molecule has 0 spiro atoms. The van der Waals surface area contributed by atoms with E-state index in [2.05, 4.69) is 42.3 Å². The molecule has 130 valence electrons. The Labute approximate surface area is 156 Å². The van der Waals surface area contributed by atoms with Crippen LogP contribution in [0.15, 0.2) is 53.3 Å². The lowest BCUT2D eigenvalue weighted by Gasteiger charge is -2.13. The zero-order chi connectivity index (χ0) is 17.8. The number of amides is 1. The van der Waals surface area contributed by atoms with Crippen LogP contribution in [0.2, 0.25) is 0 Å². The number of hydrogen-bond donors (Lipinski definition) is 1. The number of thioether (sulfide) groups is 1. The summed E-state index contributed by atoms with van der Waals surface area (Å²) in [6, 6.07) is 10.4. The molecule has 25 heavy (non-hydrogen) atoms. The molecule has 1 unspecified atom stereocenters. The molecule has 0 fully saturated rings. The fraction of sp³-hybridized carbons (Fsp3) is 0.263. The maximum Gasteiger partial charge on any atom is 0.233 e. The first-order valence-corrected chi connectivity index (χ1v) is 9.87. The molecule has 1 amide bonds. The van der Waals surface area contributed by atoms with E-state index in [-0.39, 0.29) is 11.2 Å². The van der Waals surface area contributed by atoms with Crippen molar-refractivity contribution in [1.29, 1.82) is 0 Å². The fourth-order valence-corrected chi connectivity index (χ4v) is 4.16. The molecule has 0 saturated carbocycles. The summed E-state index contributed by atoms with van der Waals surface area (Å²) in [5.74, 6) is 0.0216. The normalized spacial score (nSPS) is 12.1. The van der Waals surface area contributed by atoms with Crippen molar-refractivity contribution in [2.24, 2.45) is 0 Å². The quantitative estimate of drug-likeness (QED) is 0.656. The monoisotopic (exact) mass is 371 g/mol. The van der Waals surface area contributed by atoms with Crippen LogP contribution in [0.25, 0.3) is 5.69 Å². The number of imidazole rings is 1. The molecule has 1 N–H and O–H groups in total. The molecular weight excluding hydrogens is 350 g/mol. The van der Waals surface area contributed by atoms with Crippen molar-refractivity contribution >= 4 is 29.0 Å². The summed E-state index contributed by atoms with van der Waals surface area (Å²) in [7, 11) is 0. The summed E-state index contributed by atoms with van der Waals surface area (Å²) >= 11 is 3.12. The minimum atomic E-state index is -0.216. The Morgan fingerprint density at radius 1 is 1.32 bits per heavy atom. The van der Waals surface area contributed by atoms with E-state index in [9.17, 15) is 4.79 Å². The van der Waals surface area contributed by atoms with Gasteiger partial charge in [0.05, 0.1) is 11.8 Å². The summed E-state index contributed by atoms with van der Waals surface area (Å²) in [6.45, 7) is 6.66. The van der Waals surface area contributed by atoms with Gasteiger partial charge in [-0.1, -0.05) is 23.9 Å². The SMILES string of the molecule is Cc1cc(C)cc(-n2ccnc2SC(C)C(=O)NCc2cccs2)c1. The lowest BCUT2D eigenvalue weighted by atomic mass is 10.1. The second-order valence-electron chi connectivity index (χ2n) is 5.98. The summed E-state index contributed by atoms with van der Waals surface area (Å²) in [5.41, 5.74) is 3.49. The number of rotatable bonds is 6. The molecule has 1 aromatic carbocycles. The number of nitrogens with zero attached hydrogens (tertiary/aromatic N) is 2. The smallest absolute Gasteiger partial charge is 0.233 e. The molecule has 3 rings (SSSR count). The van der Waals surface area contributed by atoms with E-state index < -0.39 is 0 Å². The molecule has 0 radical (unpaired) electrons. The summed E-state index contributed by atoms with van der Waals surface area (Å²) < 4.78 is 2.04. The highest BCUT2D eigenvalue weighted by Gasteiger charge is 2.17. The predicted octanol–water partition coefficient (Wildman–Crippen LogP) is 4.35. The summed E-state index contributed by atoms with van der Waals surface area (Å²) in [4.78, 5) is 17.9. The first kappa shape index (κ1) is 17.8. The minimum Gasteiger partial charge on any atom is -0.350 e. The Balaban J connectivity index is 1.68. The van der Waals surface area contributed by atoms with Crippen LogP contribution in [0.1, 0.15) is 22.9 Å². The average molecular weight is 372 g/mol. The third kappa shape index (κ3) is 4.52. The Morgan fingerprint density at radius 3 is 2.76 bits per heavy atom. The number of aryl methyl sites for hydroxylation is 2. The van der Waals surface area contributed by atoms with Crippen LogP contribution in [-0.4, -0.2) is 20.7 Å². The molecule has 1 atom stereocenters. The number of thiophene rings is 1. The number of nitrogens with one attached hydrogen (secondary N) is 1. The predicted molar refractivity (Wildman–Crippen MR) is 105 cm³/mol. The van der Waals surface area contributed by atoms with Gasteiger partial charge in [-0.15, -0.1) is 11.3 Å². The maximum absolute atomic E-state index is 12.4. The van der Waals surface area contributed by atoms with Crippen molar-refractivity contribution in [3.63, 3.8) is 0 Å². The second kappa shape index (κ2) is 7.89. The number of hydrogen-bond acceptors (Lipinski definition) is 4. The Morgan fingerprint density at radius 2 is 2.08 bits per heavy atom. The second-order valence-corrected chi connectivity index (χ2v) is 8.32. The van der Waals surface area contributed by atoms with Gasteiger partial charge in [0.25, 0.3) is 0 Å². The van der Waals surface area contributed by atoms with Gasteiger partial charge in [-0.3, -0.25) is 9.36 Å². The molecule has 4 nitrogen and oxygen atoms in total. The number of benzene rings is 1. The molecule has 0 aliphatic carbocycles. The van der Waals surface area contributed by atoms with Crippen molar-refractivity contribution in [1.82, 2.24) is 14.9 Å². The standard InChI is InChI=1S/C19H21N3OS2/c1-13-9-14(2)11-16(10-13)22-7-6-20-19(22)25-15(3)18(23)21-12-17-5-4-8-24-17/h4-11,15H,12H2,1-3H3,(H,21,23). The summed E-state index contributed by atoms with van der Waals surface area (Å²) in [5, 5.41) is 5.61. The van der Waals surface area contributed by atoms with Crippen LogP contribution in [0.3, 0.4) is 0 Å². The van der Waals surface area contributed by atoms with Gasteiger partial charge < -0.3 is 5.32 Å². The Hall–Kier alpha value is -2.05. The Kier molecular flexibility index (Phi) is 5.60. The van der Waals surface area contributed by atoms with E-state index >= 15 is 0 Å². The van der Waals surface area contributed by atoms with Gasteiger partial charge in [0, 0.05) is 23.0 Å². The van der Waals surface area contributed by atoms with Crippen molar-refractivity contribution in [2.75, 3.05) is 0 Å². The van der Waals surface area contributed by atoms with Crippen LogP contribution < -0.4 is 5.32 Å². The molecule has 0 aliphatic heterocycles. The van der Waals surface area contributed by atoms with E-state index in [0.717, 1.165) is 15.7 Å². The lowest BCUT2D eigenvalue weighted by Crippen LogP contribution is -2.30. The average Bonchev–Trinajstić information content (AvgIpc) is 3.23. The maximum atomic E-state index is 12.4. The van der Waals surface area contributed by atoms with Gasteiger partial charge in [-0.25, -0.2) is 4.98 Å². The van der Waals surface area contributed by atoms with Crippen LogP contribution in [0.5, 0.6) is 0 Å². The van der Waals surface area contributed by atoms with Gasteiger partial charge in [-0.05, 0) is 55.5 Å². The Bertz CT molecular complexity index is 835. The molecule has 0 bridgehead atoms. The number of aromatic nitrogens is 2. The van der Waals surface area contributed by atoms with Gasteiger partial charge >= 0.3 is 0 Å². The first-order chi connectivity index (χ1) is 12.0. The van der Waals surface area contributed by atoms with Gasteiger partial charge in [0.1, 0.15) is 0 Å². The van der Waals surface area contributed by atoms with Gasteiger partial charge in [-0.2, -0.15) is 0 Å². The van der Waals surface area contributed by atoms with Crippen LogP contribution in [0.4, 0.5) is 0 Å². The van der Waals surface area contributed by atoms with Gasteiger partial charge in [0.15, 0.2) is 5.16 Å². The van der Waals surface area contributed by atoms with Crippen molar-refractivity contribution in [3.05, 3.63) is 64.1 Å². The van der Waals surface area contributed by atoms with Crippen LogP contribution in [0, 0.1) is 13.8 Å². The number of carbonyl (C=O) groups excluding carboxylic acids is 1. The molecule has 3 aromatic rings. The van der Waals surface area contributed by atoms with Crippen molar-refractivity contribution < 1.29 is 4.79 Å². The summed E-state index contributed by atoms with van der Waals surface area (Å²) in [6.07, 6.45) is 3.71. The molecule has 2 aromatic heterocycles. The van der Waals surface area contributed by atoms with Gasteiger partial charge in [0.2, 0.25) is 5.91 Å². The van der Waals surface area contributed by atoms with E-state index in [1.807, 2.05) is 35.2 Å². The zero-order valence-corrected chi connectivity index (χ0v) is 16.2. The van der Waals surface area contributed by atoms with Crippen LogP contribution in [-0.2, 0) is 11.3 Å². The largest absolute Gasteiger partial charge is 0.350 e. The highest BCUT2D eigenvalue weighted by atomic mass is 32.2. The van der Waals surface area contributed by atoms with Crippen molar-refractivity contribution in [3.8, 4) is 5.69 Å². The minimum absolute atomic E-state index is 0.0216.